The Morgan fingerprint density at radius 3 is 2.47 bits per heavy atom. The molecule has 0 bridgehead atoms. The van der Waals surface area contributed by atoms with Crippen molar-refractivity contribution in [2.75, 3.05) is 39.8 Å². The van der Waals surface area contributed by atoms with Gasteiger partial charge in [-0.1, -0.05) is 12.8 Å². The van der Waals surface area contributed by atoms with Crippen LogP contribution in [0.15, 0.2) is 4.99 Å². The molecule has 0 aromatic heterocycles. The number of nitrogens with zero attached hydrogens (tertiary/aromatic N) is 3. The molecule has 0 spiro atoms. The van der Waals surface area contributed by atoms with Gasteiger partial charge in [-0.3, -0.25) is 9.79 Å². The molecule has 0 radical (unpaired) electrons. The summed E-state index contributed by atoms with van der Waals surface area (Å²) in [5, 5.41) is 6.69. The van der Waals surface area contributed by atoms with Gasteiger partial charge >= 0.3 is 6.09 Å². The highest BCUT2D eigenvalue weighted by Crippen LogP contribution is 2.27. The van der Waals surface area contributed by atoms with Crippen molar-refractivity contribution >= 4 is 41.9 Å². The monoisotopic (exact) mass is 537 g/mol. The Bertz CT molecular complexity index is 588. The smallest absolute Gasteiger partial charge is 0.410 e. The zero-order chi connectivity index (χ0) is 21.4. The summed E-state index contributed by atoms with van der Waals surface area (Å²) in [5.74, 6) is 1.29. The number of aliphatic imine (C=N–C) groups is 1. The van der Waals surface area contributed by atoms with Crippen LogP contribution in [0, 0.1) is 5.92 Å². The first-order valence-corrected chi connectivity index (χ1v) is 11.0. The summed E-state index contributed by atoms with van der Waals surface area (Å²) in [6, 6.07) is 0.210. The molecule has 1 saturated carbocycles. The molecule has 2 rings (SSSR count). The molecular formula is C21H40IN5O3. The van der Waals surface area contributed by atoms with Crippen LogP contribution in [0.2, 0.25) is 0 Å². The number of amides is 2. The summed E-state index contributed by atoms with van der Waals surface area (Å²) in [7, 11) is 1.72. The Hall–Kier alpha value is -1.26. The fourth-order valence-corrected chi connectivity index (χ4v) is 3.77. The molecule has 0 aromatic rings. The number of guanidine groups is 1. The average molecular weight is 537 g/mol. The lowest BCUT2D eigenvalue weighted by molar-refractivity contribution is -0.134. The van der Waals surface area contributed by atoms with Crippen LogP contribution in [-0.2, 0) is 9.53 Å². The summed E-state index contributed by atoms with van der Waals surface area (Å²) in [5.41, 5.74) is -0.505. The second-order valence-corrected chi connectivity index (χ2v) is 9.06. The molecule has 1 aliphatic carbocycles. The van der Waals surface area contributed by atoms with Crippen molar-refractivity contribution in [3.05, 3.63) is 0 Å². The topological polar surface area (TPSA) is 86.3 Å². The number of likely N-dealkylation sites (N-methyl/N-ethyl adjacent to an activating group) is 1. The predicted octanol–water partition coefficient (Wildman–Crippen LogP) is 2.82. The molecule has 0 aromatic carbocycles. The van der Waals surface area contributed by atoms with Gasteiger partial charge in [0.25, 0.3) is 0 Å². The molecule has 2 amide bonds. The summed E-state index contributed by atoms with van der Waals surface area (Å²) in [6.45, 7) is 10.8. The van der Waals surface area contributed by atoms with E-state index < -0.39 is 5.60 Å². The zero-order valence-electron chi connectivity index (χ0n) is 19.2. The maximum Gasteiger partial charge on any atom is 0.410 e. The van der Waals surface area contributed by atoms with E-state index in [0.29, 0.717) is 19.0 Å². The normalized spacial score (nSPS) is 20.0. The highest BCUT2D eigenvalue weighted by Gasteiger charge is 2.32. The van der Waals surface area contributed by atoms with Crippen molar-refractivity contribution in [3.8, 4) is 0 Å². The summed E-state index contributed by atoms with van der Waals surface area (Å²) in [6.07, 6.45) is 5.04. The molecule has 1 atom stereocenters. The average Bonchev–Trinajstić information content (AvgIpc) is 3.31. The van der Waals surface area contributed by atoms with Crippen LogP contribution in [-0.4, -0.2) is 79.2 Å². The summed E-state index contributed by atoms with van der Waals surface area (Å²) >= 11 is 0. The van der Waals surface area contributed by atoms with Gasteiger partial charge in [0, 0.05) is 45.2 Å². The van der Waals surface area contributed by atoms with Crippen LogP contribution >= 0.6 is 24.0 Å². The van der Waals surface area contributed by atoms with Gasteiger partial charge in [-0.2, -0.15) is 0 Å². The van der Waals surface area contributed by atoms with Crippen LogP contribution in [0.4, 0.5) is 4.79 Å². The highest BCUT2D eigenvalue weighted by molar-refractivity contribution is 14.0. The lowest BCUT2D eigenvalue weighted by Gasteiger charge is -2.24. The van der Waals surface area contributed by atoms with Gasteiger partial charge in [0.15, 0.2) is 5.96 Å². The molecule has 1 saturated heterocycles. The van der Waals surface area contributed by atoms with Gasteiger partial charge in [-0.25, -0.2) is 4.79 Å². The molecule has 1 aliphatic heterocycles. The van der Waals surface area contributed by atoms with Gasteiger partial charge in [-0.15, -0.1) is 24.0 Å². The number of carbonyl (C=O) groups excluding carboxylic acids is 2. The third-order valence-electron chi connectivity index (χ3n) is 5.30. The van der Waals surface area contributed by atoms with E-state index in [4.69, 9.17) is 4.74 Å². The van der Waals surface area contributed by atoms with E-state index in [1.54, 1.807) is 7.05 Å². The van der Waals surface area contributed by atoms with Crippen molar-refractivity contribution in [2.45, 2.75) is 71.4 Å². The van der Waals surface area contributed by atoms with Crippen molar-refractivity contribution in [2.24, 2.45) is 10.9 Å². The number of rotatable bonds is 6. The SMILES string of the molecule is CCNC(=NCCN(C)C(=O)OC(C)(C)C)NC1CCN(C(=O)C2CCCC2)C1.I. The summed E-state index contributed by atoms with van der Waals surface area (Å²) < 4.78 is 5.36. The molecular weight excluding hydrogens is 497 g/mol. The fourth-order valence-electron chi connectivity index (χ4n) is 3.77. The third kappa shape index (κ3) is 8.85. The number of ether oxygens (including phenoxy) is 1. The lowest BCUT2D eigenvalue weighted by atomic mass is 10.1. The van der Waals surface area contributed by atoms with E-state index in [1.165, 1.54) is 17.7 Å². The maximum atomic E-state index is 12.6. The van der Waals surface area contributed by atoms with Gasteiger partial charge < -0.3 is 25.2 Å². The Morgan fingerprint density at radius 1 is 1.20 bits per heavy atom. The molecule has 2 aliphatic rings. The number of hydrogen-bond acceptors (Lipinski definition) is 4. The lowest BCUT2D eigenvalue weighted by Crippen LogP contribution is -2.45. The largest absolute Gasteiger partial charge is 0.444 e. The minimum absolute atomic E-state index is 0. The van der Waals surface area contributed by atoms with Crippen molar-refractivity contribution < 1.29 is 14.3 Å². The van der Waals surface area contributed by atoms with E-state index in [9.17, 15) is 9.59 Å². The Balaban J connectivity index is 0.00000450. The first-order valence-electron chi connectivity index (χ1n) is 11.0. The van der Waals surface area contributed by atoms with Crippen LogP contribution in [0.1, 0.15) is 59.8 Å². The van der Waals surface area contributed by atoms with Gasteiger partial charge in [0.1, 0.15) is 5.60 Å². The Labute approximate surface area is 198 Å². The van der Waals surface area contributed by atoms with E-state index in [0.717, 1.165) is 44.9 Å². The molecule has 8 nitrogen and oxygen atoms in total. The first kappa shape index (κ1) is 26.8. The first-order chi connectivity index (χ1) is 13.7. The number of nitrogens with one attached hydrogen (secondary N) is 2. The Kier molecular flexibility index (Phi) is 11.2. The van der Waals surface area contributed by atoms with Crippen LogP contribution in [0.25, 0.3) is 0 Å². The van der Waals surface area contributed by atoms with E-state index in [-0.39, 0.29) is 42.0 Å². The molecule has 174 valence electrons. The highest BCUT2D eigenvalue weighted by atomic mass is 127. The second kappa shape index (κ2) is 12.6. The van der Waals surface area contributed by atoms with Gasteiger partial charge in [0.05, 0.1) is 6.54 Å². The van der Waals surface area contributed by atoms with Crippen molar-refractivity contribution in [1.29, 1.82) is 0 Å². The van der Waals surface area contributed by atoms with Crippen LogP contribution in [0.5, 0.6) is 0 Å². The molecule has 2 fully saturated rings. The summed E-state index contributed by atoms with van der Waals surface area (Å²) in [4.78, 5) is 32.8. The quantitative estimate of drug-likeness (QED) is 0.309. The molecule has 1 unspecified atom stereocenters. The Morgan fingerprint density at radius 2 is 1.87 bits per heavy atom. The molecule has 2 N–H and O–H groups in total. The molecule has 1 heterocycles. The second-order valence-electron chi connectivity index (χ2n) is 9.06. The van der Waals surface area contributed by atoms with Crippen molar-refractivity contribution in [3.63, 3.8) is 0 Å². The zero-order valence-corrected chi connectivity index (χ0v) is 21.5. The number of likely N-dealkylation sites (tertiary alicyclic amines) is 1. The minimum Gasteiger partial charge on any atom is -0.444 e. The maximum absolute atomic E-state index is 12.6. The molecule has 30 heavy (non-hydrogen) atoms. The number of hydrogen-bond donors (Lipinski definition) is 2. The van der Waals surface area contributed by atoms with E-state index in [1.807, 2.05) is 32.6 Å². The third-order valence-corrected chi connectivity index (χ3v) is 5.30. The molecule has 9 heteroatoms. The number of halogens is 1. The van der Waals surface area contributed by atoms with E-state index in [2.05, 4.69) is 15.6 Å². The van der Waals surface area contributed by atoms with E-state index >= 15 is 0 Å². The van der Waals surface area contributed by atoms with Gasteiger partial charge in [-0.05, 0) is 47.0 Å². The standard InChI is InChI=1S/C21H39N5O3.HI/c1-6-22-19(23-12-14-25(5)20(28)29-21(2,3)4)24-17-11-13-26(15-17)18(27)16-9-7-8-10-16;/h16-17H,6-15H2,1-5H3,(H2,22,23,24);1H. The number of carbonyl (C=O) groups is 2. The van der Waals surface area contributed by atoms with Crippen molar-refractivity contribution in [1.82, 2.24) is 20.4 Å². The van der Waals surface area contributed by atoms with Crippen LogP contribution < -0.4 is 10.6 Å². The van der Waals surface area contributed by atoms with Crippen LogP contribution in [0.3, 0.4) is 0 Å². The van der Waals surface area contributed by atoms with Gasteiger partial charge in [0.2, 0.25) is 5.91 Å². The predicted molar refractivity (Wildman–Crippen MR) is 130 cm³/mol. The minimum atomic E-state index is -0.505. The fraction of sp³-hybridized carbons (Fsp3) is 0.857.